The molecule has 6 unspecified atom stereocenters. The van der Waals surface area contributed by atoms with Crippen LogP contribution in [0.5, 0.6) is 0 Å². The molecule has 8 heteroatoms. The zero-order valence-corrected chi connectivity index (χ0v) is 24.2. The number of fused-ring (bicyclic) bond motifs is 1. The first-order valence-corrected chi connectivity index (χ1v) is 15.9. The van der Waals surface area contributed by atoms with Crippen LogP contribution >= 0.6 is 7.82 Å². The highest BCUT2D eigenvalue weighted by Gasteiger charge is 2.58. The van der Waals surface area contributed by atoms with E-state index in [1.165, 1.54) is 77.0 Å². The molecule has 6 atom stereocenters. The van der Waals surface area contributed by atoms with E-state index in [9.17, 15) is 9.67 Å². The van der Waals surface area contributed by atoms with E-state index in [0.29, 0.717) is 11.1 Å². The average molecular weight is 521 g/mol. The maximum atomic E-state index is 12.9. The van der Waals surface area contributed by atoms with Gasteiger partial charge in [0.05, 0.1) is 32.8 Å². The third-order valence-corrected chi connectivity index (χ3v) is 9.23. The third-order valence-electron chi connectivity index (χ3n) is 7.63. The Morgan fingerprint density at radius 2 is 1.37 bits per heavy atom. The Bertz CT molecular complexity index is 618. The number of rotatable bonds is 20. The zero-order chi connectivity index (χ0) is 25.7. The molecule has 0 aromatic heterocycles. The van der Waals surface area contributed by atoms with Crippen molar-refractivity contribution in [3.8, 4) is 0 Å². The predicted octanol–water partition coefficient (Wildman–Crippen LogP) is 6.97. The summed E-state index contributed by atoms with van der Waals surface area (Å²) in [5.74, 6) is 0. The normalized spacial score (nSPS) is 28.2. The summed E-state index contributed by atoms with van der Waals surface area (Å²) in [6.07, 6.45) is 16.8. The van der Waals surface area contributed by atoms with Crippen molar-refractivity contribution < 1.29 is 32.5 Å². The van der Waals surface area contributed by atoms with Crippen LogP contribution in [-0.2, 0) is 22.9 Å². The molecule has 0 amide bonds. The number of nitrogens with zero attached hydrogens (tertiary/aromatic N) is 1. The predicted molar refractivity (Wildman–Crippen MR) is 141 cm³/mol. The summed E-state index contributed by atoms with van der Waals surface area (Å²) in [6.45, 7) is 7.32. The molecule has 2 aliphatic rings. The molecule has 0 radical (unpaired) electrons. The molecule has 0 bridgehead atoms. The van der Waals surface area contributed by atoms with E-state index < -0.39 is 26.1 Å². The van der Waals surface area contributed by atoms with Gasteiger partial charge in [0.15, 0.2) is 6.10 Å². The second-order valence-corrected chi connectivity index (χ2v) is 12.9. The van der Waals surface area contributed by atoms with Crippen molar-refractivity contribution in [3.05, 3.63) is 0 Å². The van der Waals surface area contributed by atoms with Crippen LogP contribution in [-0.4, -0.2) is 67.5 Å². The molecule has 2 saturated heterocycles. The first-order chi connectivity index (χ1) is 16.7. The van der Waals surface area contributed by atoms with Crippen LogP contribution < -0.4 is 0 Å². The van der Waals surface area contributed by atoms with E-state index in [1.54, 1.807) is 6.92 Å². The SMILES string of the molecule is CCCCCCCCCCCCCCCCOC(C)C(O)C(C)OP1(=O)OC2CC[N+](C)(C)C2O1. The molecule has 0 saturated carbocycles. The minimum absolute atomic E-state index is 0.214. The van der Waals surface area contributed by atoms with Crippen LogP contribution in [0.15, 0.2) is 0 Å². The summed E-state index contributed by atoms with van der Waals surface area (Å²) in [6, 6.07) is 0. The third kappa shape index (κ3) is 11.1. The summed E-state index contributed by atoms with van der Waals surface area (Å²) in [5.41, 5.74) is 0. The molecule has 2 aliphatic heterocycles. The number of ether oxygens (including phenoxy) is 1. The van der Waals surface area contributed by atoms with Crippen molar-refractivity contribution in [1.29, 1.82) is 0 Å². The van der Waals surface area contributed by atoms with Crippen LogP contribution in [0.2, 0.25) is 0 Å². The molecular formula is C27H55NO6P+. The Hall–Kier alpha value is -0.0100. The van der Waals surface area contributed by atoms with E-state index in [4.69, 9.17) is 18.3 Å². The second-order valence-electron chi connectivity index (χ2n) is 11.4. The summed E-state index contributed by atoms with van der Waals surface area (Å²) < 4.78 is 36.3. The minimum Gasteiger partial charge on any atom is -0.388 e. The van der Waals surface area contributed by atoms with E-state index in [1.807, 2.05) is 21.0 Å². The van der Waals surface area contributed by atoms with Gasteiger partial charge in [-0.05, 0) is 20.3 Å². The minimum atomic E-state index is -3.67. The molecule has 208 valence electrons. The van der Waals surface area contributed by atoms with Gasteiger partial charge in [-0.25, -0.2) is 9.09 Å². The molecular weight excluding hydrogens is 465 g/mol. The van der Waals surface area contributed by atoms with Gasteiger partial charge in [0.25, 0.3) is 0 Å². The van der Waals surface area contributed by atoms with E-state index in [0.717, 1.165) is 25.8 Å². The number of likely N-dealkylation sites (tertiary alicyclic amines) is 1. The lowest BCUT2D eigenvalue weighted by molar-refractivity contribution is -0.920. The van der Waals surface area contributed by atoms with Gasteiger partial charge in [0, 0.05) is 13.0 Å². The Morgan fingerprint density at radius 1 is 0.857 bits per heavy atom. The number of aliphatic hydroxyl groups is 1. The standard InChI is InChI=1S/C27H55NO6P/c1-6-7-8-9-10-11-12-13-14-15-16-17-18-19-22-31-23(2)26(29)24(3)32-35(30)33-25-20-21-28(4,5)27(25)34-35/h23-27,29H,6-22H2,1-5H3/q+1. The van der Waals surface area contributed by atoms with Crippen LogP contribution in [0.25, 0.3) is 0 Å². The highest BCUT2D eigenvalue weighted by molar-refractivity contribution is 7.48. The maximum absolute atomic E-state index is 12.9. The number of phosphoric ester groups is 1. The Labute approximate surface area is 215 Å². The molecule has 2 rings (SSSR count). The van der Waals surface area contributed by atoms with Crippen molar-refractivity contribution in [3.63, 3.8) is 0 Å². The Balaban J connectivity index is 1.46. The average Bonchev–Trinajstić information content (AvgIpc) is 3.29. The van der Waals surface area contributed by atoms with Crippen LogP contribution in [0.1, 0.15) is 117 Å². The fraction of sp³-hybridized carbons (Fsp3) is 1.00. The topological polar surface area (TPSA) is 74.2 Å². The molecule has 7 nitrogen and oxygen atoms in total. The molecule has 1 N–H and O–H groups in total. The van der Waals surface area contributed by atoms with Crippen molar-refractivity contribution in [1.82, 2.24) is 0 Å². The second kappa shape index (κ2) is 16.1. The summed E-state index contributed by atoms with van der Waals surface area (Å²) in [5, 5.41) is 10.6. The van der Waals surface area contributed by atoms with Gasteiger partial charge in [-0.3, -0.25) is 9.05 Å². The lowest BCUT2D eigenvalue weighted by Crippen LogP contribution is -2.46. The smallest absolute Gasteiger partial charge is 0.388 e. The van der Waals surface area contributed by atoms with Crippen molar-refractivity contribution in [2.45, 2.75) is 148 Å². The Kier molecular flexibility index (Phi) is 14.3. The molecule has 0 aromatic rings. The van der Waals surface area contributed by atoms with Crippen LogP contribution in [0, 0.1) is 0 Å². The molecule has 0 aliphatic carbocycles. The van der Waals surface area contributed by atoms with Gasteiger partial charge < -0.3 is 14.3 Å². The molecule has 2 fully saturated rings. The number of hydrogen-bond acceptors (Lipinski definition) is 6. The molecule has 0 spiro atoms. The monoisotopic (exact) mass is 520 g/mol. The van der Waals surface area contributed by atoms with Gasteiger partial charge in [0.2, 0.25) is 6.23 Å². The highest BCUT2D eigenvalue weighted by atomic mass is 31.2. The van der Waals surface area contributed by atoms with Gasteiger partial charge in [0.1, 0.15) is 6.10 Å². The number of aliphatic hydroxyl groups excluding tert-OH is 1. The maximum Gasteiger partial charge on any atom is 0.480 e. The van der Waals surface area contributed by atoms with Crippen LogP contribution in [0.4, 0.5) is 0 Å². The zero-order valence-electron chi connectivity index (χ0n) is 23.3. The number of quaternary nitrogens is 1. The fourth-order valence-electron chi connectivity index (χ4n) is 5.16. The number of unbranched alkanes of at least 4 members (excludes halogenated alkanes) is 13. The van der Waals surface area contributed by atoms with Crippen molar-refractivity contribution >= 4 is 7.82 Å². The summed E-state index contributed by atoms with van der Waals surface area (Å²) in [7, 11) is 0.402. The Morgan fingerprint density at radius 3 is 1.89 bits per heavy atom. The van der Waals surface area contributed by atoms with E-state index >= 15 is 0 Å². The first kappa shape index (κ1) is 31.2. The van der Waals surface area contributed by atoms with E-state index in [-0.39, 0.29) is 12.3 Å². The van der Waals surface area contributed by atoms with Crippen molar-refractivity contribution in [2.75, 3.05) is 27.2 Å². The highest BCUT2D eigenvalue weighted by Crippen LogP contribution is 2.61. The van der Waals surface area contributed by atoms with E-state index in [2.05, 4.69) is 6.92 Å². The number of phosphoric acid groups is 1. The lowest BCUT2D eigenvalue weighted by Gasteiger charge is -2.29. The molecule has 0 aromatic carbocycles. The first-order valence-electron chi connectivity index (χ1n) is 14.5. The number of likely N-dealkylation sites (N-methyl/N-ethyl adjacent to an activating group) is 1. The number of hydrogen-bond donors (Lipinski definition) is 1. The van der Waals surface area contributed by atoms with Crippen molar-refractivity contribution in [2.24, 2.45) is 0 Å². The molecule has 35 heavy (non-hydrogen) atoms. The lowest BCUT2D eigenvalue weighted by atomic mass is 10.0. The quantitative estimate of drug-likeness (QED) is 0.106. The molecule has 2 heterocycles. The summed E-state index contributed by atoms with van der Waals surface area (Å²) in [4.78, 5) is 0. The van der Waals surface area contributed by atoms with Gasteiger partial charge >= 0.3 is 7.82 Å². The van der Waals surface area contributed by atoms with Gasteiger partial charge in [-0.15, -0.1) is 0 Å². The van der Waals surface area contributed by atoms with Gasteiger partial charge in [-0.1, -0.05) is 90.4 Å². The van der Waals surface area contributed by atoms with Crippen LogP contribution in [0.3, 0.4) is 0 Å². The van der Waals surface area contributed by atoms with Gasteiger partial charge in [-0.2, -0.15) is 0 Å². The fourth-order valence-corrected chi connectivity index (χ4v) is 7.04. The largest absolute Gasteiger partial charge is 0.480 e. The summed E-state index contributed by atoms with van der Waals surface area (Å²) >= 11 is 0.